The van der Waals surface area contributed by atoms with Crippen molar-refractivity contribution in [2.75, 3.05) is 39.1 Å². The Morgan fingerprint density at radius 1 is 1.07 bits per heavy atom. The van der Waals surface area contributed by atoms with Crippen LogP contribution in [0.15, 0.2) is 53.5 Å². The molecule has 2 N–H and O–H groups in total. The van der Waals surface area contributed by atoms with Crippen LogP contribution >= 0.6 is 24.0 Å². The van der Waals surface area contributed by atoms with Gasteiger partial charge in [0.1, 0.15) is 0 Å². The maximum atomic E-state index is 4.40. The molecule has 1 aliphatic heterocycles. The third-order valence-corrected chi connectivity index (χ3v) is 5.40. The molecule has 1 fully saturated rings. The van der Waals surface area contributed by atoms with Crippen LogP contribution in [0.4, 0.5) is 5.69 Å². The van der Waals surface area contributed by atoms with E-state index in [1.807, 2.05) is 7.05 Å². The summed E-state index contributed by atoms with van der Waals surface area (Å²) in [6.07, 6.45) is 2.59. The highest BCUT2D eigenvalue weighted by Gasteiger charge is 2.14. The highest BCUT2D eigenvalue weighted by molar-refractivity contribution is 14.0. The summed E-state index contributed by atoms with van der Waals surface area (Å²) in [5.41, 5.74) is 5.19. The first-order chi connectivity index (χ1) is 14.0. The van der Waals surface area contributed by atoms with E-state index in [0.717, 1.165) is 19.0 Å². The predicted molar refractivity (Wildman–Crippen MR) is 139 cm³/mol. The Bertz CT molecular complexity index is 797. The monoisotopic (exact) mass is 521 g/mol. The number of guanidine groups is 1. The van der Waals surface area contributed by atoms with Crippen molar-refractivity contribution >= 4 is 35.6 Å². The summed E-state index contributed by atoms with van der Waals surface area (Å²) < 4.78 is 0. The second-order valence-electron chi connectivity index (χ2n) is 8.14. The van der Waals surface area contributed by atoms with E-state index < -0.39 is 0 Å². The molecule has 2 aromatic rings. The van der Waals surface area contributed by atoms with Gasteiger partial charge in [0.15, 0.2) is 5.96 Å². The Labute approximate surface area is 199 Å². The van der Waals surface area contributed by atoms with Gasteiger partial charge in [-0.05, 0) is 62.7 Å². The Morgan fingerprint density at radius 2 is 1.73 bits per heavy atom. The van der Waals surface area contributed by atoms with E-state index in [1.165, 1.54) is 48.3 Å². The molecular formula is C24H36IN5. The van der Waals surface area contributed by atoms with E-state index in [0.29, 0.717) is 0 Å². The summed E-state index contributed by atoms with van der Waals surface area (Å²) in [6.45, 7) is 6.24. The van der Waals surface area contributed by atoms with Gasteiger partial charge in [-0.1, -0.05) is 36.4 Å². The summed E-state index contributed by atoms with van der Waals surface area (Å²) >= 11 is 0. The summed E-state index contributed by atoms with van der Waals surface area (Å²) in [5, 5.41) is 6.96. The van der Waals surface area contributed by atoms with E-state index in [4.69, 9.17) is 0 Å². The number of rotatable bonds is 7. The van der Waals surface area contributed by atoms with Crippen LogP contribution in [0.2, 0.25) is 0 Å². The number of nitrogens with one attached hydrogen (secondary N) is 2. The molecule has 0 spiro atoms. The second kappa shape index (κ2) is 12.2. The van der Waals surface area contributed by atoms with Gasteiger partial charge >= 0.3 is 0 Å². The first-order valence-corrected chi connectivity index (χ1v) is 10.6. The minimum atomic E-state index is 0. The molecule has 6 heteroatoms. The molecule has 1 aliphatic rings. The molecule has 0 aliphatic carbocycles. The first kappa shape index (κ1) is 24.5. The standard InChI is InChI=1S/C24H35N5.HI/c1-19(22-8-7-9-23(16-22)29-14-5-6-15-29)27-24(25-2)26-17-20-10-12-21(13-11-20)18-28(3)4;/h7-13,16,19H,5-6,14-15,17-18H2,1-4H3,(H2,25,26,27);1H. The fourth-order valence-corrected chi connectivity index (χ4v) is 3.76. The zero-order valence-corrected chi connectivity index (χ0v) is 21.0. The average molecular weight is 521 g/mol. The highest BCUT2D eigenvalue weighted by Crippen LogP contribution is 2.23. The third-order valence-electron chi connectivity index (χ3n) is 5.40. The van der Waals surface area contributed by atoms with Crippen molar-refractivity contribution in [3.63, 3.8) is 0 Å². The third kappa shape index (κ3) is 7.16. The largest absolute Gasteiger partial charge is 0.372 e. The van der Waals surface area contributed by atoms with Gasteiger partial charge in [0.05, 0.1) is 6.04 Å². The lowest BCUT2D eigenvalue weighted by atomic mass is 10.1. The van der Waals surface area contributed by atoms with Crippen LogP contribution in [0.1, 0.15) is 42.5 Å². The zero-order valence-electron chi connectivity index (χ0n) is 18.7. The van der Waals surface area contributed by atoms with Gasteiger partial charge in [0, 0.05) is 38.9 Å². The molecule has 3 rings (SSSR count). The number of anilines is 1. The molecule has 2 aromatic carbocycles. The van der Waals surface area contributed by atoms with E-state index >= 15 is 0 Å². The predicted octanol–water partition coefficient (Wildman–Crippen LogP) is 4.39. The van der Waals surface area contributed by atoms with Gasteiger partial charge in [0.2, 0.25) is 0 Å². The van der Waals surface area contributed by atoms with Crippen molar-refractivity contribution in [1.29, 1.82) is 0 Å². The van der Waals surface area contributed by atoms with Crippen molar-refractivity contribution in [2.45, 2.75) is 38.9 Å². The zero-order chi connectivity index (χ0) is 20.6. The molecule has 0 amide bonds. The fraction of sp³-hybridized carbons (Fsp3) is 0.458. The van der Waals surface area contributed by atoms with Crippen LogP contribution in [-0.4, -0.2) is 45.1 Å². The number of nitrogens with zero attached hydrogens (tertiary/aromatic N) is 3. The van der Waals surface area contributed by atoms with Gasteiger partial charge in [-0.25, -0.2) is 0 Å². The van der Waals surface area contributed by atoms with E-state index in [1.54, 1.807) is 0 Å². The molecule has 0 aromatic heterocycles. The summed E-state index contributed by atoms with van der Waals surface area (Å²) in [6, 6.07) is 17.8. The lowest BCUT2D eigenvalue weighted by Gasteiger charge is -2.22. The van der Waals surface area contributed by atoms with Gasteiger partial charge < -0.3 is 20.4 Å². The smallest absolute Gasteiger partial charge is 0.191 e. The molecule has 0 bridgehead atoms. The van der Waals surface area contributed by atoms with Crippen LogP contribution in [-0.2, 0) is 13.1 Å². The Hall–Kier alpha value is -1.80. The SMILES string of the molecule is CN=C(NCc1ccc(CN(C)C)cc1)NC(C)c1cccc(N2CCCC2)c1.I. The van der Waals surface area contributed by atoms with Crippen molar-refractivity contribution in [2.24, 2.45) is 4.99 Å². The average Bonchev–Trinajstić information content (AvgIpc) is 3.26. The highest BCUT2D eigenvalue weighted by atomic mass is 127. The normalized spacial score (nSPS) is 15.1. The van der Waals surface area contributed by atoms with Crippen molar-refractivity contribution in [1.82, 2.24) is 15.5 Å². The molecule has 30 heavy (non-hydrogen) atoms. The van der Waals surface area contributed by atoms with E-state index in [-0.39, 0.29) is 30.0 Å². The molecule has 5 nitrogen and oxygen atoms in total. The minimum Gasteiger partial charge on any atom is -0.372 e. The van der Waals surface area contributed by atoms with E-state index in [9.17, 15) is 0 Å². The maximum absolute atomic E-state index is 4.40. The Morgan fingerprint density at radius 3 is 2.37 bits per heavy atom. The molecule has 0 radical (unpaired) electrons. The fourth-order valence-electron chi connectivity index (χ4n) is 3.76. The number of halogens is 1. The molecule has 1 heterocycles. The topological polar surface area (TPSA) is 42.9 Å². The van der Waals surface area contributed by atoms with Crippen LogP contribution in [0.5, 0.6) is 0 Å². The van der Waals surface area contributed by atoms with Gasteiger partial charge in [-0.2, -0.15) is 0 Å². The van der Waals surface area contributed by atoms with Crippen LogP contribution in [0, 0.1) is 0 Å². The number of hydrogen-bond donors (Lipinski definition) is 2. The minimum absolute atomic E-state index is 0. The lowest BCUT2D eigenvalue weighted by Crippen LogP contribution is -2.38. The molecular weight excluding hydrogens is 485 g/mol. The van der Waals surface area contributed by atoms with Gasteiger partial charge in [0.25, 0.3) is 0 Å². The van der Waals surface area contributed by atoms with Crippen molar-refractivity contribution in [3.05, 3.63) is 65.2 Å². The van der Waals surface area contributed by atoms with Crippen molar-refractivity contribution in [3.8, 4) is 0 Å². The van der Waals surface area contributed by atoms with Crippen molar-refractivity contribution < 1.29 is 0 Å². The Balaban J connectivity index is 0.00000320. The summed E-state index contributed by atoms with van der Waals surface area (Å²) in [7, 11) is 6.00. The molecule has 1 unspecified atom stereocenters. The summed E-state index contributed by atoms with van der Waals surface area (Å²) in [4.78, 5) is 9.06. The van der Waals surface area contributed by atoms with Crippen LogP contribution in [0.3, 0.4) is 0 Å². The second-order valence-corrected chi connectivity index (χ2v) is 8.14. The van der Waals surface area contributed by atoms with Gasteiger partial charge in [-0.3, -0.25) is 4.99 Å². The lowest BCUT2D eigenvalue weighted by molar-refractivity contribution is 0.402. The molecule has 0 saturated carbocycles. The van der Waals surface area contributed by atoms with Crippen LogP contribution < -0.4 is 15.5 Å². The quantitative estimate of drug-likeness (QED) is 0.322. The van der Waals surface area contributed by atoms with Crippen LogP contribution in [0.25, 0.3) is 0 Å². The number of aliphatic imine (C=N–C) groups is 1. The molecule has 164 valence electrons. The molecule has 1 atom stereocenters. The number of hydrogen-bond acceptors (Lipinski definition) is 3. The summed E-state index contributed by atoms with van der Waals surface area (Å²) in [5.74, 6) is 0.821. The van der Waals surface area contributed by atoms with Gasteiger partial charge in [-0.15, -0.1) is 24.0 Å². The maximum Gasteiger partial charge on any atom is 0.191 e. The Kier molecular flexibility index (Phi) is 9.91. The number of benzene rings is 2. The van der Waals surface area contributed by atoms with E-state index in [2.05, 4.69) is 95.0 Å². The first-order valence-electron chi connectivity index (χ1n) is 10.6. The molecule has 1 saturated heterocycles.